The third-order valence-electron chi connectivity index (χ3n) is 6.26. The summed E-state index contributed by atoms with van der Waals surface area (Å²) in [6, 6.07) is 22.7. The zero-order chi connectivity index (χ0) is 27.5. The number of hydrogen-bond acceptors (Lipinski definition) is 7. The zero-order valence-corrected chi connectivity index (χ0v) is 23.0. The van der Waals surface area contributed by atoms with E-state index in [1.807, 2.05) is 72.8 Å². The standard InChI is InChI=1S/C30H24O6S3/c31-15-17-5-1-3-7-21(17)29-19(13-27(33)34)11-25(38-29)23-9-10-24(37-23)26-12-20(14-28(35)36)30(39-26)22-8-4-2-6-18(22)16-32/h1-12,31-32H,13-16H2,(H,33,34)(H,35,36). The summed E-state index contributed by atoms with van der Waals surface area (Å²) < 4.78 is 0. The molecule has 0 saturated heterocycles. The minimum absolute atomic E-state index is 0.124. The van der Waals surface area contributed by atoms with E-state index in [0.29, 0.717) is 11.1 Å². The summed E-state index contributed by atoms with van der Waals surface area (Å²) in [5, 5.41) is 38.7. The quantitative estimate of drug-likeness (QED) is 0.146. The first kappa shape index (κ1) is 27.0. The summed E-state index contributed by atoms with van der Waals surface area (Å²) in [7, 11) is 0. The Labute approximate surface area is 236 Å². The fraction of sp³-hybridized carbons (Fsp3) is 0.133. The van der Waals surface area contributed by atoms with Crippen LogP contribution in [0.25, 0.3) is 40.4 Å². The van der Waals surface area contributed by atoms with Crippen LogP contribution in [0.4, 0.5) is 0 Å². The molecule has 0 radical (unpaired) electrons. The molecule has 0 fully saturated rings. The second-order valence-corrected chi connectivity index (χ2v) is 12.1. The van der Waals surface area contributed by atoms with E-state index in [1.165, 1.54) is 22.7 Å². The monoisotopic (exact) mass is 576 g/mol. The molecule has 0 amide bonds. The normalized spacial score (nSPS) is 11.1. The highest BCUT2D eigenvalue weighted by Crippen LogP contribution is 2.46. The third-order valence-corrected chi connectivity index (χ3v) is 10.2. The molecular formula is C30H24O6S3. The summed E-state index contributed by atoms with van der Waals surface area (Å²) in [5.74, 6) is -1.84. The molecule has 0 saturated carbocycles. The third kappa shape index (κ3) is 5.73. The van der Waals surface area contributed by atoms with Crippen LogP contribution < -0.4 is 0 Å². The maximum Gasteiger partial charge on any atom is 0.307 e. The molecule has 5 rings (SSSR count). The average molecular weight is 577 g/mol. The molecule has 5 aromatic rings. The van der Waals surface area contributed by atoms with Gasteiger partial charge in [-0.25, -0.2) is 0 Å². The first-order valence-electron chi connectivity index (χ1n) is 12.1. The van der Waals surface area contributed by atoms with E-state index in [2.05, 4.69) is 0 Å². The number of benzene rings is 2. The van der Waals surface area contributed by atoms with Gasteiger partial charge in [-0.05, 0) is 57.6 Å². The van der Waals surface area contributed by atoms with Crippen molar-refractivity contribution in [3.8, 4) is 40.4 Å². The van der Waals surface area contributed by atoms with E-state index in [9.17, 15) is 30.0 Å². The van der Waals surface area contributed by atoms with Crippen molar-refractivity contribution in [3.05, 3.63) is 95.1 Å². The second-order valence-electron chi connectivity index (χ2n) is 8.87. The van der Waals surface area contributed by atoms with E-state index in [0.717, 1.165) is 51.5 Å². The maximum atomic E-state index is 11.6. The zero-order valence-electron chi connectivity index (χ0n) is 20.6. The molecule has 2 aromatic carbocycles. The molecule has 0 bridgehead atoms. The van der Waals surface area contributed by atoms with Gasteiger partial charge in [0.2, 0.25) is 0 Å². The van der Waals surface area contributed by atoms with Gasteiger partial charge in [-0.1, -0.05) is 48.5 Å². The number of carboxylic acid groups (broad SMARTS) is 2. The van der Waals surface area contributed by atoms with Crippen LogP contribution in [-0.4, -0.2) is 32.4 Å². The van der Waals surface area contributed by atoms with Crippen molar-refractivity contribution in [1.29, 1.82) is 0 Å². The van der Waals surface area contributed by atoms with Gasteiger partial charge in [-0.2, -0.15) is 0 Å². The molecule has 0 unspecified atom stereocenters. The SMILES string of the molecule is O=C(O)Cc1cc(-c2ccc(-c3cc(CC(=O)O)c(-c4ccccc4CO)s3)s2)sc1-c1ccccc1CO. The van der Waals surface area contributed by atoms with Crippen LogP contribution in [0.15, 0.2) is 72.8 Å². The highest BCUT2D eigenvalue weighted by atomic mass is 32.1. The minimum Gasteiger partial charge on any atom is -0.481 e. The van der Waals surface area contributed by atoms with Gasteiger partial charge in [0, 0.05) is 29.3 Å². The molecule has 0 aliphatic carbocycles. The number of carbonyl (C=O) groups is 2. The summed E-state index contributed by atoms with van der Waals surface area (Å²) in [5.41, 5.74) is 4.53. The predicted molar refractivity (Wildman–Crippen MR) is 156 cm³/mol. The van der Waals surface area contributed by atoms with Gasteiger partial charge in [0.15, 0.2) is 0 Å². The second kappa shape index (κ2) is 11.6. The van der Waals surface area contributed by atoms with Crippen molar-refractivity contribution in [2.24, 2.45) is 0 Å². The Morgan fingerprint density at radius 1 is 0.538 bits per heavy atom. The number of hydrogen-bond donors (Lipinski definition) is 4. The Hall–Kier alpha value is -3.60. The van der Waals surface area contributed by atoms with Crippen LogP contribution in [0.5, 0.6) is 0 Å². The van der Waals surface area contributed by atoms with Crippen LogP contribution in [-0.2, 0) is 35.6 Å². The Kier molecular flexibility index (Phi) is 8.06. The minimum atomic E-state index is -0.922. The van der Waals surface area contributed by atoms with Crippen molar-refractivity contribution in [2.45, 2.75) is 26.1 Å². The Morgan fingerprint density at radius 2 is 0.949 bits per heavy atom. The number of aliphatic hydroxyl groups is 2. The first-order valence-corrected chi connectivity index (χ1v) is 14.5. The van der Waals surface area contributed by atoms with Crippen LogP contribution in [0.3, 0.4) is 0 Å². The first-order chi connectivity index (χ1) is 18.9. The molecule has 0 atom stereocenters. The van der Waals surface area contributed by atoms with Crippen LogP contribution >= 0.6 is 34.0 Å². The molecule has 4 N–H and O–H groups in total. The van der Waals surface area contributed by atoms with Crippen molar-refractivity contribution in [1.82, 2.24) is 0 Å². The molecule has 198 valence electrons. The summed E-state index contributed by atoms with van der Waals surface area (Å²) in [6.45, 7) is -0.282. The van der Waals surface area contributed by atoms with Gasteiger partial charge in [-0.3, -0.25) is 9.59 Å². The van der Waals surface area contributed by atoms with Crippen molar-refractivity contribution in [2.75, 3.05) is 0 Å². The predicted octanol–water partition coefficient (Wildman–Crippen LogP) is 6.78. The lowest BCUT2D eigenvalue weighted by Crippen LogP contribution is -2.00. The molecule has 9 heteroatoms. The van der Waals surface area contributed by atoms with Gasteiger partial charge >= 0.3 is 11.9 Å². The van der Waals surface area contributed by atoms with Gasteiger partial charge in [-0.15, -0.1) is 34.0 Å². The van der Waals surface area contributed by atoms with Crippen molar-refractivity contribution < 1.29 is 30.0 Å². The van der Waals surface area contributed by atoms with E-state index in [1.54, 1.807) is 11.3 Å². The summed E-state index contributed by atoms with van der Waals surface area (Å²) in [4.78, 5) is 28.7. The smallest absolute Gasteiger partial charge is 0.307 e. The number of thiophene rings is 3. The number of carboxylic acids is 2. The summed E-state index contributed by atoms with van der Waals surface area (Å²) in [6.07, 6.45) is -0.248. The lowest BCUT2D eigenvalue weighted by Gasteiger charge is -2.07. The highest BCUT2D eigenvalue weighted by Gasteiger charge is 2.20. The lowest BCUT2D eigenvalue weighted by atomic mass is 10.0. The van der Waals surface area contributed by atoms with Crippen molar-refractivity contribution >= 4 is 45.9 Å². The molecule has 0 aliphatic heterocycles. The molecule has 3 heterocycles. The van der Waals surface area contributed by atoms with Gasteiger partial charge in [0.05, 0.1) is 26.1 Å². The number of rotatable bonds is 10. The number of aliphatic hydroxyl groups excluding tert-OH is 2. The Balaban J connectivity index is 1.56. The highest BCUT2D eigenvalue weighted by molar-refractivity contribution is 7.28. The van der Waals surface area contributed by atoms with Crippen LogP contribution in [0.2, 0.25) is 0 Å². The van der Waals surface area contributed by atoms with E-state index in [4.69, 9.17) is 0 Å². The topological polar surface area (TPSA) is 115 Å². The molecule has 39 heavy (non-hydrogen) atoms. The molecule has 6 nitrogen and oxygen atoms in total. The lowest BCUT2D eigenvalue weighted by molar-refractivity contribution is -0.137. The molecule has 0 aliphatic rings. The van der Waals surface area contributed by atoms with Crippen molar-refractivity contribution in [3.63, 3.8) is 0 Å². The molecule has 0 spiro atoms. The van der Waals surface area contributed by atoms with Gasteiger partial charge < -0.3 is 20.4 Å². The van der Waals surface area contributed by atoms with Crippen LogP contribution in [0, 0.1) is 0 Å². The van der Waals surface area contributed by atoms with Gasteiger partial charge in [0.25, 0.3) is 0 Å². The van der Waals surface area contributed by atoms with Crippen LogP contribution in [0.1, 0.15) is 22.3 Å². The molecular weight excluding hydrogens is 553 g/mol. The number of aliphatic carboxylic acids is 2. The summed E-state index contributed by atoms with van der Waals surface area (Å²) >= 11 is 4.55. The van der Waals surface area contributed by atoms with Gasteiger partial charge in [0.1, 0.15) is 0 Å². The maximum absolute atomic E-state index is 11.6. The average Bonchev–Trinajstić information content (AvgIpc) is 3.66. The molecule has 3 aromatic heterocycles. The van der Waals surface area contributed by atoms with E-state index >= 15 is 0 Å². The largest absolute Gasteiger partial charge is 0.481 e. The fourth-order valence-corrected chi connectivity index (χ4v) is 8.16. The van der Waals surface area contributed by atoms with E-state index < -0.39 is 11.9 Å². The Morgan fingerprint density at radius 3 is 1.33 bits per heavy atom. The van der Waals surface area contributed by atoms with E-state index in [-0.39, 0.29) is 26.1 Å². The Bertz CT molecular complexity index is 1540. The fourth-order valence-electron chi connectivity index (χ4n) is 4.51.